The van der Waals surface area contributed by atoms with Gasteiger partial charge in [0.15, 0.2) is 17.9 Å². The molecule has 1 unspecified atom stereocenters. The summed E-state index contributed by atoms with van der Waals surface area (Å²) in [7, 11) is 0. The Bertz CT molecular complexity index is 332. The van der Waals surface area contributed by atoms with Gasteiger partial charge in [0.1, 0.15) is 0 Å². The maximum atomic E-state index is 2.48. The minimum absolute atomic E-state index is 0.706. The van der Waals surface area contributed by atoms with Crippen LogP contribution in [0.15, 0.2) is 24.4 Å². The molecule has 108 valence electrons. The molecule has 0 saturated carbocycles. The fourth-order valence-electron chi connectivity index (χ4n) is 2.87. The van der Waals surface area contributed by atoms with Crippen LogP contribution >= 0.6 is 0 Å². The average Bonchev–Trinajstić information content (AvgIpc) is 2.42. The van der Waals surface area contributed by atoms with Crippen LogP contribution in [0.1, 0.15) is 83.4 Å². The third-order valence-corrected chi connectivity index (χ3v) is 4.01. The van der Waals surface area contributed by atoms with Crippen molar-refractivity contribution in [3.8, 4) is 0 Å². The molecule has 0 saturated heterocycles. The minimum Gasteiger partial charge on any atom is -0.200 e. The predicted octanol–water partition coefficient (Wildman–Crippen LogP) is 5.37. The first-order valence-corrected chi connectivity index (χ1v) is 8.26. The number of nitrogens with zero attached hydrogens (tertiary/aromatic N) is 1. The van der Waals surface area contributed by atoms with Gasteiger partial charge in [-0.25, -0.2) is 4.57 Å². The van der Waals surface area contributed by atoms with E-state index in [0.717, 1.165) is 0 Å². The van der Waals surface area contributed by atoms with E-state index in [-0.39, 0.29) is 0 Å². The smallest absolute Gasteiger partial charge is 0.178 e. The van der Waals surface area contributed by atoms with Crippen LogP contribution in [-0.2, 0) is 0 Å². The Morgan fingerprint density at radius 1 is 0.895 bits per heavy atom. The van der Waals surface area contributed by atoms with Gasteiger partial charge in [0.05, 0.1) is 0 Å². The number of pyridine rings is 1. The average molecular weight is 262 g/mol. The molecule has 19 heavy (non-hydrogen) atoms. The van der Waals surface area contributed by atoms with Crippen molar-refractivity contribution in [2.24, 2.45) is 0 Å². The molecule has 0 fully saturated rings. The zero-order valence-corrected chi connectivity index (χ0v) is 13.2. The number of hydrogen-bond donors (Lipinski definition) is 0. The second-order valence-electron chi connectivity index (χ2n) is 5.75. The zero-order chi connectivity index (χ0) is 13.9. The molecule has 0 spiro atoms. The van der Waals surface area contributed by atoms with Gasteiger partial charge < -0.3 is 0 Å². The number of unbranched alkanes of at least 4 members (excludes halogenated alkanes) is 5. The fraction of sp³-hybridized carbons (Fsp3) is 0.722. The Morgan fingerprint density at radius 3 is 2.32 bits per heavy atom. The van der Waals surface area contributed by atoms with Gasteiger partial charge in [-0.1, -0.05) is 52.0 Å². The Labute approximate surface area is 120 Å². The molecule has 0 aliphatic rings. The van der Waals surface area contributed by atoms with Crippen LogP contribution in [0.4, 0.5) is 0 Å². The van der Waals surface area contributed by atoms with E-state index in [4.69, 9.17) is 0 Å². The molecule has 1 aromatic rings. The fourth-order valence-corrected chi connectivity index (χ4v) is 2.87. The Balaban J connectivity index is 2.39. The second-order valence-corrected chi connectivity index (χ2v) is 5.75. The van der Waals surface area contributed by atoms with Crippen LogP contribution < -0.4 is 4.57 Å². The van der Waals surface area contributed by atoms with Crippen LogP contribution in [0.25, 0.3) is 0 Å². The first kappa shape index (κ1) is 16.2. The van der Waals surface area contributed by atoms with E-state index in [1.165, 1.54) is 63.5 Å². The number of hydrogen-bond acceptors (Lipinski definition) is 0. The van der Waals surface area contributed by atoms with E-state index in [2.05, 4.69) is 49.7 Å². The van der Waals surface area contributed by atoms with E-state index in [9.17, 15) is 0 Å². The van der Waals surface area contributed by atoms with Gasteiger partial charge in [-0.15, -0.1) is 0 Å². The van der Waals surface area contributed by atoms with Gasteiger partial charge in [0.2, 0.25) is 0 Å². The first-order chi connectivity index (χ1) is 9.29. The van der Waals surface area contributed by atoms with Crippen LogP contribution in [0.3, 0.4) is 0 Å². The van der Waals surface area contributed by atoms with Crippen molar-refractivity contribution >= 4 is 0 Å². The van der Waals surface area contributed by atoms with Gasteiger partial charge in [-0.05, 0) is 12.8 Å². The highest BCUT2D eigenvalue weighted by atomic mass is 15.0. The molecule has 1 heteroatoms. The van der Waals surface area contributed by atoms with Gasteiger partial charge >= 0.3 is 0 Å². The molecule has 1 nitrogen and oxygen atoms in total. The largest absolute Gasteiger partial charge is 0.200 e. The summed E-state index contributed by atoms with van der Waals surface area (Å²) in [5.74, 6) is 0. The standard InChI is InChI=1S/C18H32N/c1-4-6-7-8-9-10-15-18(13-5-2)19-16-12-11-14-17(19)3/h11-12,14,16,18H,4-10,13,15H2,1-3H3/q+1. The van der Waals surface area contributed by atoms with Crippen molar-refractivity contribution in [1.29, 1.82) is 0 Å². The summed E-state index contributed by atoms with van der Waals surface area (Å²) in [5, 5.41) is 0. The zero-order valence-electron chi connectivity index (χ0n) is 13.2. The summed E-state index contributed by atoms with van der Waals surface area (Å²) in [4.78, 5) is 0. The first-order valence-electron chi connectivity index (χ1n) is 8.26. The Hall–Kier alpha value is -0.850. The quantitative estimate of drug-likeness (QED) is 0.394. The SMILES string of the molecule is CCCCCCCCC(CCC)[n+]1ccccc1C. The van der Waals surface area contributed by atoms with Crippen molar-refractivity contribution in [3.63, 3.8) is 0 Å². The van der Waals surface area contributed by atoms with Crippen molar-refractivity contribution in [3.05, 3.63) is 30.1 Å². The normalized spacial score (nSPS) is 12.6. The lowest BCUT2D eigenvalue weighted by atomic mass is 10.0. The maximum Gasteiger partial charge on any atom is 0.178 e. The molecule has 1 rings (SSSR count). The van der Waals surface area contributed by atoms with E-state index >= 15 is 0 Å². The van der Waals surface area contributed by atoms with Crippen molar-refractivity contribution in [2.45, 2.75) is 84.6 Å². The number of rotatable bonds is 10. The van der Waals surface area contributed by atoms with Crippen molar-refractivity contribution < 1.29 is 4.57 Å². The van der Waals surface area contributed by atoms with Crippen LogP contribution in [0, 0.1) is 6.92 Å². The molecular weight excluding hydrogens is 230 g/mol. The topological polar surface area (TPSA) is 3.88 Å². The third-order valence-electron chi connectivity index (χ3n) is 4.01. The predicted molar refractivity (Wildman–Crippen MR) is 83.3 cm³/mol. The minimum atomic E-state index is 0.706. The van der Waals surface area contributed by atoms with Crippen LogP contribution in [-0.4, -0.2) is 0 Å². The maximum absolute atomic E-state index is 2.48. The van der Waals surface area contributed by atoms with Crippen molar-refractivity contribution in [2.75, 3.05) is 0 Å². The van der Waals surface area contributed by atoms with E-state index in [1.54, 1.807) is 0 Å². The third kappa shape index (κ3) is 6.22. The van der Waals surface area contributed by atoms with Crippen LogP contribution in [0.2, 0.25) is 0 Å². The Kier molecular flexibility index (Phi) is 8.53. The van der Waals surface area contributed by atoms with Crippen molar-refractivity contribution in [1.82, 2.24) is 0 Å². The molecule has 0 aliphatic carbocycles. The molecule has 0 aliphatic heterocycles. The lowest BCUT2D eigenvalue weighted by molar-refractivity contribution is -0.730. The number of aryl methyl sites for hydroxylation is 1. The molecular formula is C18H32N+. The van der Waals surface area contributed by atoms with Gasteiger partial charge in [-0.3, -0.25) is 0 Å². The summed E-state index contributed by atoms with van der Waals surface area (Å²) in [5.41, 5.74) is 1.40. The summed E-state index contributed by atoms with van der Waals surface area (Å²) in [6.07, 6.45) is 14.6. The molecule has 1 heterocycles. The summed E-state index contributed by atoms with van der Waals surface area (Å²) >= 11 is 0. The van der Waals surface area contributed by atoms with E-state index in [0.29, 0.717) is 6.04 Å². The monoisotopic (exact) mass is 262 g/mol. The lowest BCUT2D eigenvalue weighted by Gasteiger charge is -2.13. The molecule has 0 radical (unpaired) electrons. The Morgan fingerprint density at radius 2 is 1.63 bits per heavy atom. The summed E-state index contributed by atoms with van der Waals surface area (Å²) < 4.78 is 2.48. The van der Waals surface area contributed by atoms with Gasteiger partial charge in [0.25, 0.3) is 0 Å². The van der Waals surface area contributed by atoms with Gasteiger partial charge in [0, 0.05) is 31.9 Å². The lowest BCUT2D eigenvalue weighted by Crippen LogP contribution is -2.41. The molecule has 0 N–H and O–H groups in total. The number of aromatic nitrogens is 1. The van der Waals surface area contributed by atoms with E-state index < -0.39 is 0 Å². The molecule has 0 aromatic carbocycles. The van der Waals surface area contributed by atoms with Gasteiger partial charge in [-0.2, -0.15) is 0 Å². The molecule has 0 bridgehead atoms. The summed E-state index contributed by atoms with van der Waals surface area (Å²) in [6, 6.07) is 7.23. The molecule has 1 aromatic heterocycles. The highest BCUT2D eigenvalue weighted by molar-refractivity contribution is 4.94. The van der Waals surface area contributed by atoms with Crippen LogP contribution in [0.5, 0.6) is 0 Å². The second kappa shape index (κ2) is 10.00. The molecule has 0 amide bonds. The highest BCUT2D eigenvalue weighted by Crippen LogP contribution is 2.17. The molecule has 1 atom stereocenters. The summed E-state index contributed by atoms with van der Waals surface area (Å²) in [6.45, 7) is 6.81. The van der Waals surface area contributed by atoms with E-state index in [1.807, 2.05) is 0 Å². The highest BCUT2D eigenvalue weighted by Gasteiger charge is 2.18.